The van der Waals surface area contributed by atoms with E-state index >= 15 is 0 Å². The van der Waals surface area contributed by atoms with Gasteiger partial charge in [0.25, 0.3) is 0 Å². The fraction of sp³-hybridized carbons (Fsp3) is 0.0714. The van der Waals surface area contributed by atoms with Gasteiger partial charge in [-0.05, 0) is 36.8 Å². The van der Waals surface area contributed by atoms with Crippen LogP contribution in [0.4, 0.5) is 5.69 Å². The molecular formula is C14H11ClN2O. The molecule has 18 heavy (non-hydrogen) atoms. The molecule has 1 aromatic heterocycles. The highest BCUT2D eigenvalue weighted by Crippen LogP contribution is 2.29. The Bertz CT molecular complexity index is 734. The van der Waals surface area contributed by atoms with E-state index < -0.39 is 0 Å². The predicted octanol–water partition coefficient (Wildman–Crippen LogP) is 4.04. The van der Waals surface area contributed by atoms with E-state index in [4.69, 9.17) is 21.8 Å². The molecule has 0 saturated heterocycles. The number of fused-ring (bicyclic) bond motifs is 1. The van der Waals surface area contributed by atoms with E-state index in [2.05, 4.69) is 4.98 Å². The Balaban J connectivity index is 2.19. The summed E-state index contributed by atoms with van der Waals surface area (Å²) < 4.78 is 5.72. The second-order valence-corrected chi connectivity index (χ2v) is 4.58. The summed E-state index contributed by atoms with van der Waals surface area (Å²) in [6.45, 7) is 2.00. The van der Waals surface area contributed by atoms with E-state index in [1.807, 2.05) is 31.2 Å². The second-order valence-electron chi connectivity index (χ2n) is 4.18. The Kier molecular flexibility index (Phi) is 2.49. The molecule has 0 atom stereocenters. The highest BCUT2D eigenvalue weighted by Gasteiger charge is 2.10. The normalized spacial score (nSPS) is 11.0. The molecule has 0 unspecified atom stereocenters. The summed E-state index contributed by atoms with van der Waals surface area (Å²) in [5.74, 6) is 0.557. The van der Waals surface area contributed by atoms with Crippen LogP contribution in [-0.4, -0.2) is 4.98 Å². The van der Waals surface area contributed by atoms with Crippen molar-refractivity contribution in [1.82, 2.24) is 4.98 Å². The smallest absolute Gasteiger partial charge is 0.227 e. The number of nitrogens with zero attached hydrogens (tertiary/aromatic N) is 1. The van der Waals surface area contributed by atoms with Gasteiger partial charge < -0.3 is 10.2 Å². The summed E-state index contributed by atoms with van der Waals surface area (Å²) >= 11 is 6.00. The molecule has 2 aromatic carbocycles. The number of para-hydroxylation sites is 1. The number of hydrogen-bond acceptors (Lipinski definition) is 3. The molecule has 90 valence electrons. The molecule has 0 fully saturated rings. The molecule has 0 spiro atoms. The van der Waals surface area contributed by atoms with Crippen LogP contribution in [0.1, 0.15) is 5.56 Å². The van der Waals surface area contributed by atoms with E-state index in [0.717, 1.165) is 22.2 Å². The third kappa shape index (κ3) is 1.73. The monoisotopic (exact) mass is 258 g/mol. The highest BCUT2D eigenvalue weighted by molar-refractivity contribution is 6.33. The van der Waals surface area contributed by atoms with Crippen molar-refractivity contribution in [2.75, 3.05) is 5.73 Å². The summed E-state index contributed by atoms with van der Waals surface area (Å²) in [6.07, 6.45) is 0. The summed E-state index contributed by atoms with van der Waals surface area (Å²) in [5, 5.41) is 0.506. The van der Waals surface area contributed by atoms with Crippen molar-refractivity contribution in [2.45, 2.75) is 6.92 Å². The van der Waals surface area contributed by atoms with Crippen molar-refractivity contribution >= 4 is 28.4 Å². The van der Waals surface area contributed by atoms with Crippen LogP contribution in [0.5, 0.6) is 0 Å². The van der Waals surface area contributed by atoms with Gasteiger partial charge in [-0.15, -0.1) is 0 Å². The lowest BCUT2D eigenvalue weighted by Crippen LogP contribution is -1.86. The average molecular weight is 259 g/mol. The van der Waals surface area contributed by atoms with Crippen molar-refractivity contribution in [2.24, 2.45) is 0 Å². The number of halogens is 1. The molecule has 0 aliphatic heterocycles. The van der Waals surface area contributed by atoms with Crippen molar-refractivity contribution in [3.63, 3.8) is 0 Å². The van der Waals surface area contributed by atoms with E-state index in [9.17, 15) is 0 Å². The fourth-order valence-electron chi connectivity index (χ4n) is 1.87. The zero-order valence-electron chi connectivity index (χ0n) is 9.77. The van der Waals surface area contributed by atoms with E-state index in [0.29, 0.717) is 16.6 Å². The zero-order chi connectivity index (χ0) is 12.7. The number of aryl methyl sites for hydroxylation is 1. The lowest BCUT2D eigenvalue weighted by molar-refractivity contribution is 0.620. The molecule has 3 rings (SSSR count). The van der Waals surface area contributed by atoms with Gasteiger partial charge in [0, 0.05) is 5.56 Å². The van der Waals surface area contributed by atoms with Gasteiger partial charge in [0.15, 0.2) is 5.58 Å². The lowest BCUT2D eigenvalue weighted by Gasteiger charge is -1.99. The van der Waals surface area contributed by atoms with Gasteiger partial charge in [0.1, 0.15) is 5.52 Å². The van der Waals surface area contributed by atoms with Crippen molar-refractivity contribution in [3.8, 4) is 11.5 Å². The minimum Gasteiger partial charge on any atom is -0.436 e. The van der Waals surface area contributed by atoms with Crippen LogP contribution in [-0.2, 0) is 0 Å². The number of benzene rings is 2. The van der Waals surface area contributed by atoms with Crippen LogP contribution in [0.3, 0.4) is 0 Å². The number of rotatable bonds is 1. The van der Waals surface area contributed by atoms with Crippen molar-refractivity contribution in [1.29, 1.82) is 0 Å². The van der Waals surface area contributed by atoms with Gasteiger partial charge in [-0.1, -0.05) is 23.7 Å². The maximum atomic E-state index is 6.00. The summed E-state index contributed by atoms with van der Waals surface area (Å²) in [5.41, 5.74) is 9.79. The first-order valence-electron chi connectivity index (χ1n) is 5.57. The van der Waals surface area contributed by atoms with Gasteiger partial charge in [0.2, 0.25) is 5.89 Å². The summed E-state index contributed by atoms with van der Waals surface area (Å²) in [6, 6.07) is 11.2. The molecule has 1 heterocycles. The quantitative estimate of drug-likeness (QED) is 0.670. The SMILES string of the molecule is Cc1cccc2oc(-c3ccc(N)c(Cl)c3)nc12. The Labute approximate surface area is 109 Å². The standard InChI is InChI=1S/C14H11ClN2O/c1-8-3-2-4-12-13(8)17-14(18-12)9-5-6-11(16)10(15)7-9/h2-7H,16H2,1H3. The lowest BCUT2D eigenvalue weighted by atomic mass is 10.2. The van der Waals surface area contributed by atoms with E-state index in [1.165, 1.54) is 0 Å². The van der Waals surface area contributed by atoms with Crippen molar-refractivity contribution < 1.29 is 4.42 Å². The first kappa shape index (κ1) is 11.1. The Morgan fingerprint density at radius 2 is 2.06 bits per heavy atom. The second kappa shape index (κ2) is 4.03. The Hall–Kier alpha value is -2.00. The minimum atomic E-state index is 0.506. The molecule has 0 aliphatic carbocycles. The van der Waals surface area contributed by atoms with Gasteiger partial charge in [0.05, 0.1) is 10.7 Å². The number of anilines is 1. The third-order valence-electron chi connectivity index (χ3n) is 2.87. The summed E-state index contributed by atoms with van der Waals surface area (Å²) in [7, 11) is 0. The van der Waals surface area contributed by atoms with E-state index in [-0.39, 0.29) is 0 Å². The van der Waals surface area contributed by atoms with Crippen LogP contribution in [0.25, 0.3) is 22.6 Å². The van der Waals surface area contributed by atoms with Crippen molar-refractivity contribution in [3.05, 3.63) is 47.0 Å². The Morgan fingerprint density at radius 1 is 1.22 bits per heavy atom. The van der Waals surface area contributed by atoms with Crippen LogP contribution in [0.2, 0.25) is 5.02 Å². The Morgan fingerprint density at radius 3 is 2.78 bits per heavy atom. The molecule has 4 heteroatoms. The molecule has 0 bridgehead atoms. The number of aromatic nitrogens is 1. The third-order valence-corrected chi connectivity index (χ3v) is 3.20. The molecule has 0 aliphatic rings. The maximum absolute atomic E-state index is 6.00. The van der Waals surface area contributed by atoms with Gasteiger partial charge in [-0.25, -0.2) is 4.98 Å². The minimum absolute atomic E-state index is 0.506. The first-order valence-corrected chi connectivity index (χ1v) is 5.94. The largest absolute Gasteiger partial charge is 0.436 e. The van der Waals surface area contributed by atoms with Crippen LogP contribution in [0.15, 0.2) is 40.8 Å². The number of nitrogen functional groups attached to an aromatic ring is 1. The zero-order valence-corrected chi connectivity index (χ0v) is 10.5. The maximum Gasteiger partial charge on any atom is 0.227 e. The van der Waals surface area contributed by atoms with Gasteiger partial charge in [-0.3, -0.25) is 0 Å². The van der Waals surface area contributed by atoms with Gasteiger partial charge in [-0.2, -0.15) is 0 Å². The van der Waals surface area contributed by atoms with Crippen LogP contribution >= 0.6 is 11.6 Å². The number of hydrogen-bond donors (Lipinski definition) is 1. The molecule has 0 radical (unpaired) electrons. The average Bonchev–Trinajstić information content (AvgIpc) is 2.78. The van der Waals surface area contributed by atoms with Crippen LogP contribution in [0, 0.1) is 6.92 Å². The summed E-state index contributed by atoms with van der Waals surface area (Å²) in [4.78, 5) is 4.49. The first-order chi connectivity index (χ1) is 8.65. The molecular weight excluding hydrogens is 248 g/mol. The highest BCUT2D eigenvalue weighted by atomic mass is 35.5. The molecule has 3 aromatic rings. The van der Waals surface area contributed by atoms with Crippen LogP contribution < -0.4 is 5.73 Å². The molecule has 3 nitrogen and oxygen atoms in total. The number of nitrogens with two attached hydrogens (primary N) is 1. The predicted molar refractivity (Wildman–Crippen MR) is 73.6 cm³/mol. The van der Waals surface area contributed by atoms with Gasteiger partial charge >= 0.3 is 0 Å². The topological polar surface area (TPSA) is 52.0 Å². The molecule has 2 N–H and O–H groups in total. The fourth-order valence-corrected chi connectivity index (χ4v) is 2.05. The van der Waals surface area contributed by atoms with E-state index in [1.54, 1.807) is 12.1 Å². The molecule has 0 amide bonds. The number of oxazole rings is 1. The molecule has 0 saturated carbocycles.